The summed E-state index contributed by atoms with van der Waals surface area (Å²) in [6, 6.07) is 0.947. The molecule has 4 nitrogen and oxygen atoms in total. The molecule has 0 spiro atoms. The van der Waals surface area contributed by atoms with Gasteiger partial charge < -0.3 is 4.90 Å². The minimum Gasteiger partial charge on any atom is -0.315 e. The van der Waals surface area contributed by atoms with Crippen molar-refractivity contribution in [2.45, 2.75) is 12.5 Å². The van der Waals surface area contributed by atoms with Crippen LogP contribution in [0.25, 0.3) is 0 Å². The van der Waals surface area contributed by atoms with Crippen LogP contribution < -0.4 is 5.32 Å². The van der Waals surface area contributed by atoms with E-state index in [2.05, 4.69) is 5.32 Å². The van der Waals surface area contributed by atoms with Crippen LogP contribution in [0.5, 0.6) is 0 Å². The number of carbonyl (C=O) groups excluding carboxylic acids is 2. The van der Waals surface area contributed by atoms with Crippen LogP contribution in [0.15, 0.2) is 0 Å². The van der Waals surface area contributed by atoms with Gasteiger partial charge >= 0.3 is 6.03 Å². The standard InChI is InChI=1S/C6H12N2O2Si/c9-5-4-8(2-1-3-11)6(10)7-5/h1-4H2,11H3,(H,7,9,10). The van der Waals surface area contributed by atoms with Crippen molar-refractivity contribution in [1.82, 2.24) is 10.2 Å². The van der Waals surface area contributed by atoms with Crippen LogP contribution in [0.1, 0.15) is 6.42 Å². The molecule has 1 aliphatic rings. The van der Waals surface area contributed by atoms with E-state index < -0.39 is 0 Å². The van der Waals surface area contributed by atoms with Crippen molar-refractivity contribution in [2.75, 3.05) is 13.1 Å². The summed E-state index contributed by atoms with van der Waals surface area (Å²) in [7, 11) is 1.16. The van der Waals surface area contributed by atoms with Gasteiger partial charge in [0.25, 0.3) is 0 Å². The number of hydrogen-bond acceptors (Lipinski definition) is 2. The molecule has 0 radical (unpaired) electrons. The molecule has 1 rings (SSSR count). The van der Waals surface area contributed by atoms with Gasteiger partial charge in [0.1, 0.15) is 6.54 Å². The van der Waals surface area contributed by atoms with Crippen LogP contribution in [-0.4, -0.2) is 40.2 Å². The zero-order chi connectivity index (χ0) is 8.27. The minimum atomic E-state index is -0.231. The maximum Gasteiger partial charge on any atom is 0.324 e. The van der Waals surface area contributed by atoms with Crippen molar-refractivity contribution in [3.05, 3.63) is 0 Å². The van der Waals surface area contributed by atoms with Gasteiger partial charge in [-0.05, 0) is 6.42 Å². The Morgan fingerprint density at radius 2 is 2.27 bits per heavy atom. The molecule has 0 saturated carbocycles. The molecule has 62 valence electrons. The molecular weight excluding hydrogens is 160 g/mol. The Morgan fingerprint density at radius 1 is 1.55 bits per heavy atom. The third-order valence-corrected chi connectivity index (χ3v) is 2.36. The van der Waals surface area contributed by atoms with E-state index in [1.807, 2.05) is 0 Å². The molecule has 11 heavy (non-hydrogen) atoms. The monoisotopic (exact) mass is 172 g/mol. The minimum absolute atomic E-state index is 0.177. The summed E-state index contributed by atoms with van der Waals surface area (Å²) in [5, 5.41) is 2.24. The Labute approximate surface area is 68.4 Å². The average molecular weight is 172 g/mol. The molecule has 1 aliphatic heterocycles. The predicted octanol–water partition coefficient (Wildman–Crippen LogP) is -1.29. The lowest BCUT2D eigenvalue weighted by Crippen LogP contribution is -2.28. The van der Waals surface area contributed by atoms with E-state index in [-0.39, 0.29) is 18.5 Å². The van der Waals surface area contributed by atoms with Crippen LogP contribution in [-0.2, 0) is 4.79 Å². The van der Waals surface area contributed by atoms with E-state index in [9.17, 15) is 9.59 Å². The lowest BCUT2D eigenvalue weighted by atomic mass is 10.4. The molecule has 1 N–H and O–H groups in total. The van der Waals surface area contributed by atoms with Gasteiger partial charge in [-0.15, -0.1) is 0 Å². The molecule has 0 atom stereocenters. The maximum atomic E-state index is 10.9. The fraction of sp³-hybridized carbons (Fsp3) is 0.667. The van der Waals surface area contributed by atoms with Crippen molar-refractivity contribution >= 4 is 22.2 Å². The molecule has 0 aromatic rings. The zero-order valence-corrected chi connectivity index (χ0v) is 8.59. The van der Waals surface area contributed by atoms with Crippen LogP contribution >= 0.6 is 0 Å². The molecule has 0 aromatic heterocycles. The van der Waals surface area contributed by atoms with Gasteiger partial charge in [0.2, 0.25) is 5.91 Å². The number of imide groups is 1. The maximum absolute atomic E-state index is 10.9. The van der Waals surface area contributed by atoms with Gasteiger partial charge in [-0.3, -0.25) is 10.1 Å². The van der Waals surface area contributed by atoms with Crippen molar-refractivity contribution in [2.24, 2.45) is 0 Å². The van der Waals surface area contributed by atoms with E-state index in [4.69, 9.17) is 0 Å². The summed E-state index contributed by atoms with van der Waals surface area (Å²) >= 11 is 0. The number of carbonyl (C=O) groups is 2. The Morgan fingerprint density at radius 3 is 2.73 bits per heavy atom. The fourth-order valence-corrected chi connectivity index (χ4v) is 1.33. The van der Waals surface area contributed by atoms with E-state index in [0.717, 1.165) is 23.2 Å². The highest BCUT2D eigenvalue weighted by atomic mass is 28.1. The highest BCUT2D eigenvalue weighted by Gasteiger charge is 2.25. The first-order valence-corrected chi connectivity index (χ1v) is 5.24. The number of nitrogens with one attached hydrogen (secondary N) is 1. The number of nitrogens with zero attached hydrogens (tertiary/aromatic N) is 1. The van der Waals surface area contributed by atoms with E-state index in [0.29, 0.717) is 0 Å². The van der Waals surface area contributed by atoms with Gasteiger partial charge in [-0.2, -0.15) is 0 Å². The molecule has 3 amide bonds. The second-order valence-electron chi connectivity index (χ2n) is 2.63. The number of rotatable bonds is 3. The zero-order valence-electron chi connectivity index (χ0n) is 6.59. The Balaban J connectivity index is 2.34. The first-order chi connectivity index (χ1) is 5.24. The molecule has 1 fully saturated rings. The molecule has 5 heteroatoms. The molecule has 0 aromatic carbocycles. The smallest absolute Gasteiger partial charge is 0.315 e. The second-order valence-corrected chi connectivity index (χ2v) is 3.63. The first-order valence-electron chi connectivity index (χ1n) is 3.82. The van der Waals surface area contributed by atoms with E-state index in [1.165, 1.54) is 6.04 Å². The third kappa shape index (κ3) is 2.04. The average Bonchev–Trinajstić information content (AvgIpc) is 2.26. The van der Waals surface area contributed by atoms with Gasteiger partial charge in [0.05, 0.1) is 0 Å². The Hall–Kier alpha value is -0.843. The first kappa shape index (κ1) is 8.26. The van der Waals surface area contributed by atoms with Crippen molar-refractivity contribution in [1.29, 1.82) is 0 Å². The van der Waals surface area contributed by atoms with Gasteiger partial charge in [-0.25, -0.2) is 4.79 Å². The molecule has 1 saturated heterocycles. The summed E-state index contributed by atoms with van der Waals surface area (Å²) in [6.45, 7) is 0.974. The van der Waals surface area contributed by atoms with Crippen LogP contribution in [0.2, 0.25) is 6.04 Å². The quantitative estimate of drug-likeness (QED) is 0.425. The summed E-state index contributed by atoms with van der Waals surface area (Å²) in [5.74, 6) is -0.177. The number of urea groups is 1. The van der Waals surface area contributed by atoms with Gasteiger partial charge in [-0.1, -0.05) is 6.04 Å². The highest BCUT2D eigenvalue weighted by Crippen LogP contribution is 1.99. The number of amides is 3. The Bertz CT molecular complexity index is 183. The highest BCUT2D eigenvalue weighted by molar-refractivity contribution is 6.08. The summed E-state index contributed by atoms with van der Waals surface area (Å²) < 4.78 is 0. The van der Waals surface area contributed by atoms with Gasteiger partial charge in [0.15, 0.2) is 0 Å². The molecular formula is C6H12N2O2Si. The Kier molecular flexibility index (Phi) is 2.64. The summed E-state index contributed by atoms with van der Waals surface area (Å²) in [5.41, 5.74) is 0. The third-order valence-electron chi connectivity index (χ3n) is 1.65. The van der Waals surface area contributed by atoms with Crippen LogP contribution in [0, 0.1) is 0 Å². The van der Waals surface area contributed by atoms with Crippen LogP contribution in [0.4, 0.5) is 4.79 Å². The van der Waals surface area contributed by atoms with Crippen molar-refractivity contribution in [3.8, 4) is 0 Å². The van der Waals surface area contributed by atoms with E-state index >= 15 is 0 Å². The van der Waals surface area contributed by atoms with Gasteiger partial charge in [0, 0.05) is 16.8 Å². The lowest BCUT2D eigenvalue weighted by molar-refractivity contribution is -0.118. The largest absolute Gasteiger partial charge is 0.324 e. The second kappa shape index (κ2) is 3.52. The molecule has 0 aliphatic carbocycles. The van der Waals surface area contributed by atoms with E-state index in [1.54, 1.807) is 4.90 Å². The predicted molar refractivity (Wildman–Crippen MR) is 44.5 cm³/mol. The molecule has 1 heterocycles. The van der Waals surface area contributed by atoms with Crippen LogP contribution in [0.3, 0.4) is 0 Å². The molecule has 0 bridgehead atoms. The topological polar surface area (TPSA) is 49.4 Å². The summed E-state index contributed by atoms with van der Waals surface area (Å²) in [4.78, 5) is 23.1. The lowest BCUT2D eigenvalue weighted by Gasteiger charge is -2.10. The SMILES string of the molecule is O=C1CN(CCC[SiH3])C(=O)N1. The number of hydrogen-bond donors (Lipinski definition) is 1. The normalized spacial score (nSPS) is 17.6. The summed E-state index contributed by atoms with van der Waals surface area (Å²) in [6.07, 6.45) is 1.02. The molecule has 0 unspecified atom stereocenters. The van der Waals surface area contributed by atoms with Crippen molar-refractivity contribution < 1.29 is 9.59 Å². The fourth-order valence-electron chi connectivity index (χ4n) is 1.01. The van der Waals surface area contributed by atoms with Crippen molar-refractivity contribution in [3.63, 3.8) is 0 Å².